The van der Waals surface area contributed by atoms with Gasteiger partial charge in [0.2, 0.25) is 0 Å². The fourth-order valence-corrected chi connectivity index (χ4v) is 4.42. The molecule has 1 aromatic carbocycles. The Labute approximate surface area is 189 Å². The van der Waals surface area contributed by atoms with Crippen molar-refractivity contribution >= 4 is 45.5 Å². The number of aromatic nitrogens is 2. The monoisotopic (exact) mass is 463 g/mol. The molecule has 0 spiro atoms. The van der Waals surface area contributed by atoms with E-state index in [-0.39, 0.29) is 24.8 Å². The smallest absolute Gasteiger partial charge is 0.253 e. The lowest BCUT2D eigenvalue weighted by atomic mass is 10.1. The average Bonchev–Trinajstić information content (AvgIpc) is 3.26. The molecule has 0 amide bonds. The molecule has 0 unspecified atom stereocenters. The second kappa shape index (κ2) is 9.34. The largest absolute Gasteiger partial charge is 0.493 e. The zero-order valence-electron chi connectivity index (χ0n) is 17.0. The van der Waals surface area contributed by atoms with E-state index >= 15 is 0 Å². The van der Waals surface area contributed by atoms with Gasteiger partial charge in [-0.05, 0) is 37.8 Å². The molecule has 0 atom stereocenters. The average molecular weight is 464 g/mol. The van der Waals surface area contributed by atoms with E-state index in [1.165, 1.54) is 23.0 Å². The highest BCUT2D eigenvalue weighted by atomic mass is 35.5. The van der Waals surface area contributed by atoms with Crippen molar-refractivity contribution < 1.29 is 14.6 Å². The lowest BCUT2D eigenvalue weighted by Gasteiger charge is -2.22. The summed E-state index contributed by atoms with van der Waals surface area (Å²) < 4.78 is 13.4. The van der Waals surface area contributed by atoms with Crippen molar-refractivity contribution in [3.05, 3.63) is 51.0 Å². The van der Waals surface area contributed by atoms with Gasteiger partial charge in [-0.15, -0.1) is 0 Å². The fourth-order valence-electron chi connectivity index (χ4n) is 3.97. The number of hydrogen-bond acceptors (Lipinski definition) is 6. The molecule has 31 heavy (non-hydrogen) atoms. The van der Waals surface area contributed by atoms with Crippen molar-refractivity contribution in [3.8, 4) is 11.5 Å². The molecule has 0 bridgehead atoms. The Bertz CT molecular complexity index is 1140. The summed E-state index contributed by atoms with van der Waals surface area (Å²) in [7, 11) is 1.57. The van der Waals surface area contributed by atoms with Crippen LogP contribution in [0.3, 0.4) is 0 Å². The molecule has 0 aliphatic heterocycles. The van der Waals surface area contributed by atoms with Gasteiger partial charge in [0.05, 0.1) is 46.8 Å². The third kappa shape index (κ3) is 4.31. The normalized spacial score (nSPS) is 14.2. The molecule has 1 fully saturated rings. The maximum atomic E-state index is 13.0. The van der Waals surface area contributed by atoms with Crippen molar-refractivity contribution in [1.29, 1.82) is 0 Å². The van der Waals surface area contributed by atoms with Crippen LogP contribution in [0.5, 0.6) is 11.5 Å². The van der Waals surface area contributed by atoms with Gasteiger partial charge in [0, 0.05) is 30.4 Å². The van der Waals surface area contributed by atoms with Crippen LogP contribution in [0.2, 0.25) is 10.0 Å². The molecule has 0 radical (unpaired) electrons. The Kier molecular flexibility index (Phi) is 6.55. The van der Waals surface area contributed by atoms with E-state index in [0.717, 1.165) is 25.7 Å². The third-order valence-corrected chi connectivity index (χ3v) is 6.01. The minimum atomic E-state index is -0.296. The van der Waals surface area contributed by atoms with Crippen molar-refractivity contribution in [2.45, 2.75) is 38.3 Å². The van der Waals surface area contributed by atoms with Crippen LogP contribution in [-0.4, -0.2) is 34.5 Å². The van der Waals surface area contributed by atoms with Crippen LogP contribution < -0.4 is 20.3 Å². The Balaban J connectivity index is 1.94. The third-order valence-electron chi connectivity index (χ3n) is 5.43. The molecule has 4 rings (SSSR count). The summed E-state index contributed by atoms with van der Waals surface area (Å²) in [4.78, 5) is 17.0. The number of pyridine rings is 2. The molecule has 1 aliphatic rings. The highest BCUT2D eigenvalue weighted by Crippen LogP contribution is 2.41. The first-order valence-corrected chi connectivity index (χ1v) is 10.9. The van der Waals surface area contributed by atoms with Crippen LogP contribution in [0, 0.1) is 0 Å². The van der Waals surface area contributed by atoms with Gasteiger partial charge in [0.15, 0.2) is 11.5 Å². The van der Waals surface area contributed by atoms with E-state index < -0.39 is 0 Å². The molecule has 1 saturated carbocycles. The Morgan fingerprint density at radius 3 is 2.58 bits per heavy atom. The fraction of sp³-hybridized carbons (Fsp3) is 0.364. The summed E-state index contributed by atoms with van der Waals surface area (Å²) in [5.74, 6) is 1.02. The molecule has 7 nitrogen and oxygen atoms in total. The first-order valence-electron chi connectivity index (χ1n) is 10.1. The van der Waals surface area contributed by atoms with E-state index in [2.05, 4.69) is 10.3 Å². The van der Waals surface area contributed by atoms with Gasteiger partial charge in [-0.25, -0.2) is 0 Å². The quantitative estimate of drug-likeness (QED) is 0.524. The highest BCUT2D eigenvalue weighted by molar-refractivity contribution is 6.39. The lowest BCUT2D eigenvalue weighted by molar-refractivity contribution is 0.202. The summed E-state index contributed by atoms with van der Waals surface area (Å²) in [5, 5.41) is 14.1. The first-order chi connectivity index (χ1) is 15.0. The van der Waals surface area contributed by atoms with Crippen molar-refractivity contribution in [3.63, 3.8) is 0 Å². The van der Waals surface area contributed by atoms with E-state index in [9.17, 15) is 9.90 Å². The summed E-state index contributed by atoms with van der Waals surface area (Å²) in [6.07, 6.45) is 7.11. The van der Waals surface area contributed by atoms with Crippen molar-refractivity contribution in [2.24, 2.45) is 0 Å². The molecule has 2 aromatic heterocycles. The number of rotatable bonds is 7. The topological polar surface area (TPSA) is 85.6 Å². The molecule has 3 aromatic rings. The molecule has 2 heterocycles. The summed E-state index contributed by atoms with van der Waals surface area (Å²) in [6, 6.07) is 5.10. The van der Waals surface area contributed by atoms with Crippen LogP contribution in [-0.2, 0) is 6.54 Å². The predicted molar refractivity (Wildman–Crippen MR) is 122 cm³/mol. The molecular formula is C22H23Cl2N3O4. The number of benzene rings is 1. The molecule has 0 saturated heterocycles. The molecule has 2 N–H and O–H groups in total. The Morgan fingerprint density at radius 1 is 1.23 bits per heavy atom. The second-order valence-electron chi connectivity index (χ2n) is 7.39. The van der Waals surface area contributed by atoms with Gasteiger partial charge < -0.3 is 24.5 Å². The van der Waals surface area contributed by atoms with Crippen molar-refractivity contribution in [1.82, 2.24) is 9.55 Å². The molecule has 1 aliphatic carbocycles. The van der Waals surface area contributed by atoms with Gasteiger partial charge in [-0.1, -0.05) is 23.2 Å². The van der Waals surface area contributed by atoms with E-state index in [0.29, 0.717) is 43.8 Å². The van der Waals surface area contributed by atoms with Gasteiger partial charge in [-0.2, -0.15) is 0 Å². The number of hydrogen-bond donors (Lipinski definition) is 2. The van der Waals surface area contributed by atoms with Gasteiger partial charge in [-0.3, -0.25) is 9.78 Å². The standard InChI is InChI=1S/C22H23Cl2N3O4/c1-30-18-7-6-14-17(26-20-15(23)11-25-12-16(20)24)10-19(29)27(8-9-28)21(14)22(18)31-13-4-2-3-5-13/h6-7,10-13,28H,2-5,8-9H2,1H3,(H,25,26). The summed E-state index contributed by atoms with van der Waals surface area (Å²) in [6.45, 7) is -0.0650. The number of nitrogens with one attached hydrogen (secondary N) is 1. The Hall–Kier alpha value is -2.48. The number of aliphatic hydroxyl groups is 1. The zero-order valence-corrected chi connectivity index (χ0v) is 18.5. The van der Waals surface area contributed by atoms with Crippen LogP contribution in [0.15, 0.2) is 35.4 Å². The summed E-state index contributed by atoms with van der Waals surface area (Å²) in [5.41, 5.74) is 1.22. The molecule has 164 valence electrons. The second-order valence-corrected chi connectivity index (χ2v) is 8.21. The highest BCUT2D eigenvalue weighted by Gasteiger charge is 2.23. The SMILES string of the molecule is COc1ccc2c(Nc3c(Cl)cncc3Cl)cc(=O)n(CCO)c2c1OC1CCCC1. The zero-order chi connectivity index (χ0) is 22.0. The van der Waals surface area contributed by atoms with Crippen LogP contribution in [0.1, 0.15) is 25.7 Å². The summed E-state index contributed by atoms with van der Waals surface area (Å²) >= 11 is 12.5. The van der Waals surface area contributed by atoms with Gasteiger partial charge in [0.25, 0.3) is 5.56 Å². The van der Waals surface area contributed by atoms with Crippen LogP contribution >= 0.6 is 23.2 Å². The number of ether oxygens (including phenoxy) is 2. The van der Waals surface area contributed by atoms with E-state index in [4.69, 9.17) is 32.7 Å². The molecule has 9 heteroatoms. The van der Waals surface area contributed by atoms with E-state index in [1.54, 1.807) is 13.2 Å². The number of aliphatic hydroxyl groups excluding tert-OH is 1. The van der Waals surface area contributed by atoms with Crippen LogP contribution in [0.4, 0.5) is 11.4 Å². The lowest BCUT2D eigenvalue weighted by Crippen LogP contribution is -2.23. The van der Waals surface area contributed by atoms with Crippen molar-refractivity contribution in [2.75, 3.05) is 19.0 Å². The number of fused-ring (bicyclic) bond motifs is 1. The van der Waals surface area contributed by atoms with Crippen LogP contribution in [0.25, 0.3) is 10.9 Å². The minimum absolute atomic E-state index is 0.0536. The first kappa shape index (κ1) is 21.7. The Morgan fingerprint density at radius 2 is 1.94 bits per heavy atom. The van der Waals surface area contributed by atoms with Gasteiger partial charge in [0.1, 0.15) is 0 Å². The van der Waals surface area contributed by atoms with E-state index in [1.807, 2.05) is 6.07 Å². The maximum Gasteiger partial charge on any atom is 0.253 e. The number of halogens is 2. The molecular weight excluding hydrogens is 441 g/mol. The number of methoxy groups -OCH3 is 1. The predicted octanol–water partition coefficient (Wildman–Crippen LogP) is 4.77. The van der Waals surface area contributed by atoms with Gasteiger partial charge >= 0.3 is 0 Å². The number of anilines is 2. The minimum Gasteiger partial charge on any atom is -0.493 e. The maximum absolute atomic E-state index is 13.0. The number of nitrogens with zero attached hydrogens (tertiary/aromatic N) is 2.